The second kappa shape index (κ2) is 9.07. The molecule has 21 heavy (non-hydrogen) atoms. The van der Waals surface area contributed by atoms with Gasteiger partial charge in [0.25, 0.3) is 0 Å². The largest absolute Gasteiger partial charge is 0.383 e. The number of hydrogen-bond acceptors (Lipinski definition) is 3. The van der Waals surface area contributed by atoms with Gasteiger partial charge in [0.05, 0.1) is 13.2 Å². The van der Waals surface area contributed by atoms with Crippen LogP contribution in [0, 0.1) is 5.82 Å². The standard InChI is InChI=1S/C15H21FN2O3/c1-12(19)18(9-10-21-2)11-15(20)17-8-7-13-5-3-4-6-14(13)16/h3-6H,7-11H2,1-2H3,(H,17,20). The molecule has 0 aliphatic carbocycles. The SMILES string of the molecule is COCCN(CC(=O)NCCc1ccccc1F)C(C)=O. The van der Waals surface area contributed by atoms with Crippen LogP contribution in [0.4, 0.5) is 4.39 Å². The summed E-state index contributed by atoms with van der Waals surface area (Å²) in [6.07, 6.45) is 0.413. The summed E-state index contributed by atoms with van der Waals surface area (Å²) >= 11 is 0. The van der Waals surface area contributed by atoms with Crippen molar-refractivity contribution in [2.24, 2.45) is 0 Å². The van der Waals surface area contributed by atoms with Gasteiger partial charge in [-0.2, -0.15) is 0 Å². The first kappa shape index (κ1) is 17.1. The van der Waals surface area contributed by atoms with Crippen molar-refractivity contribution in [3.8, 4) is 0 Å². The van der Waals surface area contributed by atoms with Gasteiger partial charge < -0.3 is 15.0 Å². The second-order valence-electron chi connectivity index (χ2n) is 4.62. The van der Waals surface area contributed by atoms with Gasteiger partial charge in [-0.25, -0.2) is 4.39 Å². The smallest absolute Gasteiger partial charge is 0.239 e. The summed E-state index contributed by atoms with van der Waals surface area (Å²) in [6.45, 7) is 2.46. The molecule has 0 aliphatic heterocycles. The lowest BCUT2D eigenvalue weighted by atomic mass is 10.1. The molecule has 0 radical (unpaired) electrons. The molecule has 1 N–H and O–H groups in total. The molecule has 0 saturated heterocycles. The van der Waals surface area contributed by atoms with Crippen LogP contribution in [-0.2, 0) is 20.7 Å². The first-order valence-electron chi connectivity index (χ1n) is 6.79. The molecule has 0 aromatic heterocycles. The topological polar surface area (TPSA) is 58.6 Å². The number of nitrogens with one attached hydrogen (secondary N) is 1. The van der Waals surface area contributed by atoms with E-state index in [-0.39, 0.29) is 24.2 Å². The molecular formula is C15H21FN2O3. The minimum Gasteiger partial charge on any atom is -0.383 e. The minimum absolute atomic E-state index is 0.0179. The van der Waals surface area contributed by atoms with Gasteiger partial charge in [0.15, 0.2) is 0 Å². The van der Waals surface area contributed by atoms with E-state index in [0.717, 1.165) is 0 Å². The summed E-state index contributed by atoms with van der Waals surface area (Å²) in [6, 6.07) is 6.45. The molecule has 5 nitrogen and oxygen atoms in total. The van der Waals surface area contributed by atoms with E-state index in [9.17, 15) is 14.0 Å². The molecule has 1 aromatic rings. The summed E-state index contributed by atoms with van der Waals surface area (Å²) in [5.41, 5.74) is 0.556. The van der Waals surface area contributed by atoms with Crippen molar-refractivity contribution in [3.05, 3.63) is 35.6 Å². The van der Waals surface area contributed by atoms with Crippen LogP contribution in [0.3, 0.4) is 0 Å². The lowest BCUT2D eigenvalue weighted by Crippen LogP contribution is -2.41. The van der Waals surface area contributed by atoms with Crippen LogP contribution in [0.15, 0.2) is 24.3 Å². The number of carbonyl (C=O) groups is 2. The highest BCUT2D eigenvalue weighted by molar-refractivity contribution is 5.83. The fourth-order valence-electron chi connectivity index (χ4n) is 1.82. The molecule has 1 aromatic carbocycles. The third-order valence-corrected chi connectivity index (χ3v) is 3.02. The highest BCUT2D eigenvalue weighted by atomic mass is 19.1. The van der Waals surface area contributed by atoms with Crippen molar-refractivity contribution in [1.29, 1.82) is 0 Å². The number of benzene rings is 1. The summed E-state index contributed by atoms with van der Waals surface area (Å²) in [7, 11) is 1.53. The van der Waals surface area contributed by atoms with Crippen LogP contribution in [0.1, 0.15) is 12.5 Å². The number of carbonyl (C=O) groups excluding carboxylic acids is 2. The Labute approximate surface area is 124 Å². The Morgan fingerprint density at radius 3 is 2.67 bits per heavy atom. The Kier molecular flexibility index (Phi) is 7.39. The second-order valence-corrected chi connectivity index (χ2v) is 4.62. The van der Waals surface area contributed by atoms with Crippen molar-refractivity contribution in [3.63, 3.8) is 0 Å². The van der Waals surface area contributed by atoms with Crippen LogP contribution in [0.5, 0.6) is 0 Å². The maximum Gasteiger partial charge on any atom is 0.239 e. The maximum atomic E-state index is 13.4. The molecule has 6 heteroatoms. The van der Waals surface area contributed by atoms with Gasteiger partial charge >= 0.3 is 0 Å². The quantitative estimate of drug-likeness (QED) is 0.778. The van der Waals surface area contributed by atoms with Crippen molar-refractivity contribution in [2.75, 3.05) is 33.4 Å². The molecule has 0 bridgehead atoms. The molecule has 0 atom stereocenters. The van der Waals surface area contributed by atoms with Crippen LogP contribution in [-0.4, -0.2) is 50.1 Å². The van der Waals surface area contributed by atoms with Crippen LogP contribution in [0.2, 0.25) is 0 Å². The Morgan fingerprint density at radius 2 is 2.05 bits per heavy atom. The first-order chi connectivity index (χ1) is 10.0. The summed E-state index contributed by atoms with van der Waals surface area (Å²) in [4.78, 5) is 24.5. The molecule has 116 valence electrons. The average molecular weight is 296 g/mol. The van der Waals surface area contributed by atoms with Gasteiger partial charge in [-0.3, -0.25) is 9.59 Å². The molecule has 0 spiro atoms. The molecule has 0 aliphatic rings. The maximum absolute atomic E-state index is 13.4. The van der Waals surface area contributed by atoms with Gasteiger partial charge in [0.1, 0.15) is 5.82 Å². The Balaban J connectivity index is 2.36. The Bertz CT molecular complexity index is 480. The average Bonchev–Trinajstić information content (AvgIpc) is 2.45. The highest BCUT2D eigenvalue weighted by Gasteiger charge is 2.13. The fraction of sp³-hybridized carbons (Fsp3) is 0.467. The number of amides is 2. The number of ether oxygens (including phenoxy) is 1. The molecule has 0 unspecified atom stereocenters. The Morgan fingerprint density at radius 1 is 1.33 bits per heavy atom. The molecule has 2 amide bonds. The van der Waals surface area contributed by atoms with Gasteiger partial charge in [0.2, 0.25) is 11.8 Å². The van der Waals surface area contributed by atoms with E-state index in [2.05, 4.69) is 5.32 Å². The van der Waals surface area contributed by atoms with E-state index in [4.69, 9.17) is 4.74 Å². The zero-order chi connectivity index (χ0) is 15.7. The first-order valence-corrected chi connectivity index (χ1v) is 6.79. The third-order valence-electron chi connectivity index (χ3n) is 3.02. The zero-order valence-corrected chi connectivity index (χ0v) is 12.4. The van der Waals surface area contributed by atoms with E-state index in [1.807, 2.05) is 0 Å². The lowest BCUT2D eigenvalue weighted by Gasteiger charge is -2.20. The minimum atomic E-state index is -0.280. The Hall–Kier alpha value is -1.95. The zero-order valence-electron chi connectivity index (χ0n) is 12.4. The number of halogens is 1. The van der Waals surface area contributed by atoms with Gasteiger partial charge in [0, 0.05) is 27.1 Å². The molecule has 0 fully saturated rings. The monoisotopic (exact) mass is 296 g/mol. The van der Waals surface area contributed by atoms with Crippen molar-refractivity contribution in [2.45, 2.75) is 13.3 Å². The summed E-state index contributed by atoms with van der Waals surface area (Å²) in [5, 5.41) is 2.68. The normalized spacial score (nSPS) is 10.2. The number of hydrogen-bond donors (Lipinski definition) is 1. The van der Waals surface area contributed by atoms with Crippen molar-refractivity contribution < 1.29 is 18.7 Å². The number of rotatable bonds is 8. The molecule has 1 rings (SSSR count). The number of methoxy groups -OCH3 is 1. The van der Waals surface area contributed by atoms with Crippen LogP contribution in [0.25, 0.3) is 0 Å². The van der Waals surface area contributed by atoms with Crippen LogP contribution >= 0.6 is 0 Å². The molecular weight excluding hydrogens is 275 g/mol. The van der Waals surface area contributed by atoms with Gasteiger partial charge in [-0.05, 0) is 18.1 Å². The van der Waals surface area contributed by atoms with E-state index in [1.54, 1.807) is 18.2 Å². The molecule has 0 saturated carbocycles. The number of nitrogens with zero attached hydrogens (tertiary/aromatic N) is 1. The highest BCUT2D eigenvalue weighted by Crippen LogP contribution is 2.06. The van der Waals surface area contributed by atoms with Crippen molar-refractivity contribution in [1.82, 2.24) is 10.2 Å². The third kappa shape index (κ3) is 6.35. The van der Waals surface area contributed by atoms with Gasteiger partial charge in [-0.15, -0.1) is 0 Å². The van der Waals surface area contributed by atoms with Gasteiger partial charge in [-0.1, -0.05) is 18.2 Å². The summed E-state index contributed by atoms with van der Waals surface area (Å²) < 4.78 is 18.3. The predicted octanol–water partition coefficient (Wildman–Crippen LogP) is 0.979. The van der Waals surface area contributed by atoms with E-state index in [1.165, 1.54) is 25.0 Å². The van der Waals surface area contributed by atoms with E-state index < -0.39 is 0 Å². The fourth-order valence-corrected chi connectivity index (χ4v) is 1.82. The molecule has 0 heterocycles. The van der Waals surface area contributed by atoms with Crippen LogP contribution < -0.4 is 5.32 Å². The predicted molar refractivity (Wildman–Crippen MR) is 77.2 cm³/mol. The van der Waals surface area contributed by atoms with Crippen molar-refractivity contribution >= 4 is 11.8 Å². The van der Waals surface area contributed by atoms with E-state index in [0.29, 0.717) is 31.7 Å². The lowest BCUT2D eigenvalue weighted by molar-refractivity contribution is -0.134. The van der Waals surface area contributed by atoms with E-state index >= 15 is 0 Å². The summed E-state index contributed by atoms with van der Waals surface area (Å²) in [5.74, 6) is -0.730.